The highest BCUT2D eigenvalue weighted by molar-refractivity contribution is 7.93. The van der Waals surface area contributed by atoms with Gasteiger partial charge in [-0.1, -0.05) is 36.4 Å². The Balaban J connectivity index is 2.44. The van der Waals surface area contributed by atoms with Crippen molar-refractivity contribution in [3.05, 3.63) is 69.1 Å². The van der Waals surface area contributed by atoms with Crippen LogP contribution in [-0.2, 0) is 15.6 Å². The lowest BCUT2D eigenvalue weighted by molar-refractivity contribution is -0.563. The fourth-order valence-corrected chi connectivity index (χ4v) is 2.75. The third-order valence-electron chi connectivity index (χ3n) is 3.20. The first-order valence-electron chi connectivity index (χ1n) is 5.74. The zero-order valence-corrected chi connectivity index (χ0v) is 11.2. The van der Waals surface area contributed by atoms with Crippen molar-refractivity contribution in [3.63, 3.8) is 0 Å². The molecule has 0 spiro atoms. The van der Waals surface area contributed by atoms with Gasteiger partial charge < -0.3 is 0 Å². The molecule has 1 aromatic rings. The Kier molecular flexibility index (Phi) is 3.71. The van der Waals surface area contributed by atoms with Crippen LogP contribution in [0.15, 0.2) is 53.5 Å². The molecule has 1 aliphatic carbocycles. The number of nitrogens with zero attached hydrogens (tertiary/aromatic N) is 1. The summed E-state index contributed by atoms with van der Waals surface area (Å²) in [5.41, 5.74) is -0.954. The molecule has 0 saturated heterocycles. The Morgan fingerprint density at radius 1 is 1.30 bits per heavy atom. The second kappa shape index (κ2) is 5.16. The molecule has 0 bridgehead atoms. The van der Waals surface area contributed by atoms with Gasteiger partial charge >= 0.3 is 0 Å². The SMILES string of the molecule is NNS(=O)(=O)C1=CC[C@](c2ccccc2)([N+](=O)[O-])C=C1. The summed E-state index contributed by atoms with van der Waals surface area (Å²) < 4.78 is 23.1. The number of nitrogens with one attached hydrogen (secondary N) is 1. The quantitative estimate of drug-likeness (QED) is 0.484. The number of hydrogen-bond donors (Lipinski definition) is 2. The van der Waals surface area contributed by atoms with Crippen LogP contribution >= 0.6 is 0 Å². The van der Waals surface area contributed by atoms with Crippen LogP contribution in [-0.4, -0.2) is 13.3 Å². The third-order valence-corrected chi connectivity index (χ3v) is 4.44. The molecule has 1 aliphatic rings. The molecule has 2 rings (SSSR count). The Morgan fingerprint density at radius 3 is 2.40 bits per heavy atom. The molecule has 7 nitrogen and oxygen atoms in total. The Bertz CT molecular complexity index is 682. The number of nitrogens with two attached hydrogens (primary N) is 1. The van der Waals surface area contributed by atoms with E-state index in [0.717, 1.165) is 0 Å². The minimum absolute atomic E-state index is 0.0588. The highest BCUT2D eigenvalue weighted by Crippen LogP contribution is 2.35. The van der Waals surface area contributed by atoms with Crippen molar-refractivity contribution in [2.45, 2.75) is 12.0 Å². The second-order valence-corrected chi connectivity index (χ2v) is 6.03. The molecule has 0 radical (unpaired) electrons. The topological polar surface area (TPSA) is 115 Å². The van der Waals surface area contributed by atoms with Gasteiger partial charge in [-0.2, -0.15) is 4.83 Å². The zero-order chi connectivity index (χ0) is 14.8. The monoisotopic (exact) mass is 295 g/mol. The van der Waals surface area contributed by atoms with E-state index in [2.05, 4.69) is 0 Å². The van der Waals surface area contributed by atoms with Crippen LogP contribution in [0.3, 0.4) is 0 Å². The van der Waals surface area contributed by atoms with E-state index >= 15 is 0 Å². The normalized spacial score (nSPS) is 22.4. The summed E-state index contributed by atoms with van der Waals surface area (Å²) in [6.45, 7) is 0. The molecule has 106 valence electrons. The van der Waals surface area contributed by atoms with E-state index in [1.54, 1.807) is 35.2 Å². The van der Waals surface area contributed by atoms with Crippen LogP contribution in [0.4, 0.5) is 0 Å². The van der Waals surface area contributed by atoms with Gasteiger partial charge in [-0.25, -0.2) is 8.42 Å². The Labute approximate surface area is 116 Å². The van der Waals surface area contributed by atoms with Crippen LogP contribution in [0.2, 0.25) is 0 Å². The summed E-state index contributed by atoms with van der Waals surface area (Å²) in [5.74, 6) is 4.93. The van der Waals surface area contributed by atoms with Crippen LogP contribution < -0.4 is 10.7 Å². The molecule has 0 unspecified atom stereocenters. The summed E-state index contributed by atoms with van der Waals surface area (Å²) in [7, 11) is -3.80. The fraction of sp³-hybridized carbons (Fsp3) is 0.167. The molecular weight excluding hydrogens is 282 g/mol. The molecule has 1 atom stereocenters. The van der Waals surface area contributed by atoms with Gasteiger partial charge in [0.15, 0.2) is 0 Å². The Morgan fingerprint density at radius 2 is 1.95 bits per heavy atom. The molecule has 0 fully saturated rings. The highest BCUT2D eigenvalue weighted by atomic mass is 32.2. The second-order valence-electron chi connectivity index (χ2n) is 4.31. The molecule has 20 heavy (non-hydrogen) atoms. The van der Waals surface area contributed by atoms with E-state index in [1.807, 2.05) is 0 Å². The van der Waals surface area contributed by atoms with Crippen molar-refractivity contribution >= 4 is 10.0 Å². The van der Waals surface area contributed by atoms with Crippen LogP contribution in [0.25, 0.3) is 0 Å². The maximum atomic E-state index is 11.5. The number of rotatable bonds is 4. The zero-order valence-electron chi connectivity index (χ0n) is 10.4. The first kappa shape index (κ1) is 14.4. The number of hydrogen-bond acceptors (Lipinski definition) is 5. The van der Waals surface area contributed by atoms with Crippen molar-refractivity contribution in [2.24, 2.45) is 5.84 Å². The van der Waals surface area contributed by atoms with Gasteiger partial charge in [0.2, 0.25) is 0 Å². The molecule has 1 aromatic carbocycles. The Hall–Kier alpha value is -2.03. The summed E-state index contributed by atoms with van der Waals surface area (Å²) in [6, 6.07) is 8.44. The van der Waals surface area contributed by atoms with E-state index in [4.69, 9.17) is 5.84 Å². The van der Waals surface area contributed by atoms with Gasteiger partial charge in [0.25, 0.3) is 15.6 Å². The van der Waals surface area contributed by atoms with Gasteiger partial charge in [-0.3, -0.25) is 16.0 Å². The minimum Gasteiger partial charge on any atom is -0.263 e. The van der Waals surface area contributed by atoms with E-state index in [1.165, 1.54) is 18.2 Å². The van der Waals surface area contributed by atoms with Crippen molar-refractivity contribution in [1.29, 1.82) is 0 Å². The van der Waals surface area contributed by atoms with E-state index in [0.29, 0.717) is 5.56 Å². The molecule has 0 aliphatic heterocycles. The predicted octanol–water partition coefficient (Wildman–Crippen LogP) is 0.796. The van der Waals surface area contributed by atoms with Gasteiger partial charge in [0.1, 0.15) is 0 Å². The third kappa shape index (κ3) is 2.36. The molecule has 0 aromatic heterocycles. The van der Waals surface area contributed by atoms with E-state index in [-0.39, 0.29) is 11.3 Å². The van der Waals surface area contributed by atoms with Crippen LogP contribution in [0.5, 0.6) is 0 Å². The number of sulfonamides is 1. The average Bonchev–Trinajstić information content (AvgIpc) is 2.48. The fourth-order valence-electron chi connectivity index (χ4n) is 2.06. The molecule has 8 heteroatoms. The highest BCUT2D eigenvalue weighted by Gasteiger charge is 2.43. The molecular formula is C12H13N3O4S. The minimum atomic E-state index is -3.80. The maximum absolute atomic E-state index is 11.5. The maximum Gasteiger partial charge on any atom is 0.269 e. The lowest BCUT2D eigenvalue weighted by atomic mass is 9.84. The summed E-state index contributed by atoms with van der Waals surface area (Å²) in [5, 5.41) is 11.4. The first-order chi connectivity index (χ1) is 9.42. The summed E-state index contributed by atoms with van der Waals surface area (Å²) in [4.78, 5) is 12.6. The predicted molar refractivity (Wildman–Crippen MR) is 73.2 cm³/mol. The number of nitro groups is 1. The summed E-state index contributed by atoms with van der Waals surface area (Å²) >= 11 is 0. The van der Waals surface area contributed by atoms with Gasteiger partial charge in [-0.15, -0.1) is 0 Å². The number of hydrazine groups is 1. The standard InChI is InChI=1S/C12H13N3O4S/c13-14-20(18,19)11-6-8-12(9-7-11,15(16)17)10-4-2-1-3-5-10/h1-8,14H,9,13H2/t12-/m1/s1. The average molecular weight is 295 g/mol. The number of benzene rings is 1. The van der Waals surface area contributed by atoms with Crippen LogP contribution in [0, 0.1) is 10.1 Å². The van der Waals surface area contributed by atoms with Gasteiger partial charge in [0.05, 0.1) is 4.91 Å². The number of allylic oxidation sites excluding steroid dienone is 1. The molecule has 3 N–H and O–H groups in total. The van der Waals surface area contributed by atoms with E-state index < -0.39 is 20.5 Å². The lowest BCUT2D eigenvalue weighted by Crippen LogP contribution is -2.36. The van der Waals surface area contributed by atoms with Crippen molar-refractivity contribution in [1.82, 2.24) is 4.83 Å². The van der Waals surface area contributed by atoms with Crippen molar-refractivity contribution in [3.8, 4) is 0 Å². The van der Waals surface area contributed by atoms with Crippen molar-refractivity contribution < 1.29 is 13.3 Å². The van der Waals surface area contributed by atoms with E-state index in [9.17, 15) is 18.5 Å². The molecule has 0 heterocycles. The van der Waals surface area contributed by atoms with Crippen LogP contribution in [0.1, 0.15) is 12.0 Å². The summed E-state index contributed by atoms with van der Waals surface area (Å²) in [6.07, 6.45) is 3.72. The largest absolute Gasteiger partial charge is 0.269 e. The smallest absolute Gasteiger partial charge is 0.263 e. The lowest BCUT2D eigenvalue weighted by Gasteiger charge is -2.24. The molecule has 0 saturated carbocycles. The first-order valence-corrected chi connectivity index (χ1v) is 7.22. The van der Waals surface area contributed by atoms with Gasteiger partial charge in [-0.05, 0) is 12.2 Å². The van der Waals surface area contributed by atoms with Crippen molar-refractivity contribution in [2.75, 3.05) is 0 Å². The van der Waals surface area contributed by atoms with Gasteiger partial charge in [0, 0.05) is 16.9 Å². The molecule has 0 amide bonds.